The number of hydrogen-bond donors (Lipinski definition) is 2. The van der Waals surface area contributed by atoms with E-state index in [1.54, 1.807) is 18.2 Å². The third-order valence-corrected chi connectivity index (χ3v) is 5.12. The number of piperidine rings is 1. The Morgan fingerprint density at radius 1 is 1.07 bits per heavy atom. The van der Waals surface area contributed by atoms with Crippen LogP contribution in [0.1, 0.15) is 19.8 Å². The molecule has 142 valence electrons. The molecule has 6 heteroatoms. The van der Waals surface area contributed by atoms with Crippen molar-refractivity contribution in [1.82, 2.24) is 4.90 Å². The topological polar surface area (TPSA) is 61.4 Å². The Hall–Kier alpha value is -2.37. The summed E-state index contributed by atoms with van der Waals surface area (Å²) < 4.78 is 0. The van der Waals surface area contributed by atoms with Crippen LogP contribution in [0.2, 0.25) is 5.02 Å². The molecule has 1 fully saturated rings. The number of nitrogens with one attached hydrogen (secondary N) is 2. The highest BCUT2D eigenvalue weighted by Crippen LogP contribution is 2.22. The number of carbonyl (C=O) groups is 2. The Morgan fingerprint density at radius 3 is 2.56 bits per heavy atom. The van der Waals surface area contributed by atoms with Crippen molar-refractivity contribution in [3.8, 4) is 0 Å². The van der Waals surface area contributed by atoms with Crippen LogP contribution in [0.15, 0.2) is 54.6 Å². The number of halogens is 1. The second-order valence-electron chi connectivity index (χ2n) is 6.86. The highest BCUT2D eigenvalue weighted by atomic mass is 35.5. The minimum absolute atomic E-state index is 0.00773. The first-order chi connectivity index (χ1) is 13.0. The van der Waals surface area contributed by atoms with Crippen molar-refractivity contribution in [2.75, 3.05) is 23.7 Å². The van der Waals surface area contributed by atoms with Gasteiger partial charge in [-0.3, -0.25) is 14.5 Å². The van der Waals surface area contributed by atoms with Gasteiger partial charge in [-0.15, -0.1) is 0 Å². The van der Waals surface area contributed by atoms with E-state index >= 15 is 0 Å². The summed E-state index contributed by atoms with van der Waals surface area (Å²) in [5.74, 6) is -0.213. The molecule has 0 spiro atoms. The van der Waals surface area contributed by atoms with Gasteiger partial charge < -0.3 is 10.6 Å². The van der Waals surface area contributed by atoms with E-state index < -0.39 is 0 Å². The van der Waals surface area contributed by atoms with Crippen molar-refractivity contribution in [1.29, 1.82) is 0 Å². The maximum Gasteiger partial charge on any atom is 0.241 e. The molecular weight excluding hydrogens is 362 g/mol. The summed E-state index contributed by atoms with van der Waals surface area (Å²) in [6, 6.07) is 16.2. The number of benzene rings is 2. The lowest BCUT2D eigenvalue weighted by atomic mass is 9.95. The third kappa shape index (κ3) is 5.31. The number of hydrogen-bond acceptors (Lipinski definition) is 3. The van der Waals surface area contributed by atoms with Gasteiger partial charge in [0.2, 0.25) is 11.8 Å². The molecule has 1 heterocycles. The van der Waals surface area contributed by atoms with Crippen LogP contribution in [0, 0.1) is 5.92 Å². The molecule has 1 aliphatic rings. The van der Waals surface area contributed by atoms with Gasteiger partial charge >= 0.3 is 0 Å². The van der Waals surface area contributed by atoms with E-state index in [0.717, 1.165) is 25.1 Å². The Balaban J connectivity index is 1.57. The van der Waals surface area contributed by atoms with Crippen LogP contribution < -0.4 is 10.6 Å². The van der Waals surface area contributed by atoms with Crippen LogP contribution in [0.3, 0.4) is 0 Å². The van der Waals surface area contributed by atoms with Crippen LogP contribution in [-0.4, -0.2) is 35.8 Å². The molecular formula is C21H24ClN3O2. The van der Waals surface area contributed by atoms with Crippen LogP contribution in [-0.2, 0) is 9.59 Å². The van der Waals surface area contributed by atoms with Gasteiger partial charge in [0.1, 0.15) is 0 Å². The molecule has 0 radical (unpaired) electrons. The number of rotatable bonds is 5. The molecule has 1 saturated heterocycles. The van der Waals surface area contributed by atoms with Crippen LogP contribution in [0.25, 0.3) is 0 Å². The van der Waals surface area contributed by atoms with Crippen molar-refractivity contribution < 1.29 is 9.59 Å². The standard InChI is InChI=1S/C21H24ClN3O2/c1-15(20(26)24-19-11-5-8-17(22)13-19)25-12-6-7-16(14-25)21(27)23-18-9-3-2-4-10-18/h2-5,8-11,13,15-16H,6-7,12,14H2,1H3,(H,23,27)(H,24,26)/t15-,16-/m1/s1. The van der Waals surface area contributed by atoms with Crippen LogP contribution >= 0.6 is 11.6 Å². The summed E-state index contributed by atoms with van der Waals surface area (Å²) in [4.78, 5) is 27.2. The largest absolute Gasteiger partial charge is 0.326 e. The lowest BCUT2D eigenvalue weighted by molar-refractivity contribution is -0.125. The number of para-hydroxylation sites is 1. The Kier molecular flexibility index (Phi) is 6.48. The van der Waals surface area contributed by atoms with Gasteiger partial charge in [0, 0.05) is 22.9 Å². The van der Waals surface area contributed by atoms with Gasteiger partial charge in [-0.1, -0.05) is 35.9 Å². The minimum atomic E-state index is -0.323. The zero-order chi connectivity index (χ0) is 19.2. The van der Waals surface area contributed by atoms with Crippen molar-refractivity contribution >= 4 is 34.8 Å². The molecule has 0 unspecified atom stereocenters. The molecule has 2 aromatic rings. The van der Waals surface area contributed by atoms with Crippen LogP contribution in [0.4, 0.5) is 11.4 Å². The summed E-state index contributed by atoms with van der Waals surface area (Å²) in [5.41, 5.74) is 1.47. The monoisotopic (exact) mass is 385 g/mol. The fraction of sp³-hybridized carbons (Fsp3) is 0.333. The summed E-state index contributed by atoms with van der Waals surface area (Å²) in [7, 11) is 0. The van der Waals surface area contributed by atoms with Crippen LogP contribution in [0.5, 0.6) is 0 Å². The second kappa shape index (κ2) is 9.02. The number of amides is 2. The quantitative estimate of drug-likeness (QED) is 0.817. The summed E-state index contributed by atoms with van der Waals surface area (Å²) in [6.45, 7) is 3.25. The number of carbonyl (C=O) groups excluding carboxylic acids is 2. The number of anilines is 2. The molecule has 27 heavy (non-hydrogen) atoms. The molecule has 2 atom stereocenters. The van der Waals surface area contributed by atoms with Gasteiger partial charge in [-0.05, 0) is 56.6 Å². The molecule has 0 aromatic heterocycles. The van der Waals surface area contributed by atoms with Crippen molar-refractivity contribution in [2.45, 2.75) is 25.8 Å². The highest BCUT2D eigenvalue weighted by Gasteiger charge is 2.31. The molecule has 5 nitrogen and oxygen atoms in total. The zero-order valence-electron chi connectivity index (χ0n) is 15.3. The van der Waals surface area contributed by atoms with E-state index in [-0.39, 0.29) is 23.8 Å². The van der Waals surface area contributed by atoms with Crippen molar-refractivity contribution in [3.05, 3.63) is 59.6 Å². The molecule has 2 amide bonds. The Morgan fingerprint density at radius 2 is 1.81 bits per heavy atom. The van der Waals surface area contributed by atoms with Gasteiger partial charge in [0.25, 0.3) is 0 Å². The number of nitrogens with zero attached hydrogens (tertiary/aromatic N) is 1. The lowest BCUT2D eigenvalue weighted by Gasteiger charge is -2.35. The Labute approximate surface area is 164 Å². The molecule has 2 N–H and O–H groups in total. The van der Waals surface area contributed by atoms with Crippen molar-refractivity contribution in [2.24, 2.45) is 5.92 Å². The first-order valence-corrected chi connectivity index (χ1v) is 9.57. The molecule has 3 rings (SSSR count). The molecule has 0 saturated carbocycles. The van der Waals surface area contributed by atoms with E-state index in [1.807, 2.05) is 43.3 Å². The Bertz CT molecular complexity index is 797. The summed E-state index contributed by atoms with van der Waals surface area (Å²) >= 11 is 5.97. The van der Waals surface area contributed by atoms with Gasteiger partial charge in [0.15, 0.2) is 0 Å². The number of likely N-dealkylation sites (tertiary alicyclic amines) is 1. The van der Waals surface area contributed by atoms with E-state index in [2.05, 4.69) is 15.5 Å². The van der Waals surface area contributed by atoms with E-state index in [4.69, 9.17) is 11.6 Å². The fourth-order valence-corrected chi connectivity index (χ4v) is 3.51. The smallest absolute Gasteiger partial charge is 0.241 e. The summed E-state index contributed by atoms with van der Waals surface area (Å²) in [6.07, 6.45) is 1.72. The van der Waals surface area contributed by atoms with Crippen molar-refractivity contribution in [3.63, 3.8) is 0 Å². The normalized spacial score (nSPS) is 18.5. The SMILES string of the molecule is C[C@H](C(=O)Nc1cccc(Cl)c1)N1CCC[C@@H](C(=O)Nc2ccccc2)C1. The van der Waals surface area contributed by atoms with Gasteiger partial charge in [0.05, 0.1) is 12.0 Å². The third-order valence-electron chi connectivity index (χ3n) is 4.88. The maximum atomic E-state index is 12.6. The maximum absolute atomic E-state index is 12.6. The predicted octanol–water partition coefficient (Wildman–Crippen LogP) is 4.02. The molecule has 2 aromatic carbocycles. The molecule has 0 bridgehead atoms. The van der Waals surface area contributed by atoms with E-state index in [1.165, 1.54) is 0 Å². The highest BCUT2D eigenvalue weighted by molar-refractivity contribution is 6.30. The molecule has 1 aliphatic heterocycles. The first-order valence-electron chi connectivity index (χ1n) is 9.19. The average Bonchev–Trinajstić information content (AvgIpc) is 2.68. The summed E-state index contributed by atoms with van der Waals surface area (Å²) in [5, 5.41) is 6.44. The van der Waals surface area contributed by atoms with E-state index in [9.17, 15) is 9.59 Å². The average molecular weight is 386 g/mol. The first kappa shape index (κ1) is 19.4. The zero-order valence-corrected chi connectivity index (χ0v) is 16.1. The molecule has 0 aliphatic carbocycles. The lowest BCUT2D eigenvalue weighted by Crippen LogP contribution is -2.49. The predicted molar refractivity (Wildman–Crippen MR) is 109 cm³/mol. The second-order valence-corrected chi connectivity index (χ2v) is 7.30. The van der Waals surface area contributed by atoms with Gasteiger partial charge in [-0.2, -0.15) is 0 Å². The fourth-order valence-electron chi connectivity index (χ4n) is 3.32. The van der Waals surface area contributed by atoms with Gasteiger partial charge in [-0.25, -0.2) is 0 Å². The minimum Gasteiger partial charge on any atom is -0.326 e. The van der Waals surface area contributed by atoms with E-state index in [0.29, 0.717) is 17.3 Å².